The van der Waals surface area contributed by atoms with E-state index in [-0.39, 0.29) is 30.1 Å². The molecule has 0 unspecified atom stereocenters. The van der Waals surface area contributed by atoms with Crippen LogP contribution in [0.3, 0.4) is 0 Å². The number of phenolic OH excluding ortho intramolecular Hbond substituents is 1. The maximum Gasteiger partial charge on any atom is 0.167 e. The molecule has 33 heavy (non-hydrogen) atoms. The molecule has 5 heteroatoms. The molecular weight excluding hydrogens is 416 g/mol. The van der Waals surface area contributed by atoms with Gasteiger partial charge in [-0.3, -0.25) is 4.79 Å². The molecule has 172 valence electrons. The van der Waals surface area contributed by atoms with Crippen LogP contribution in [0.5, 0.6) is 11.5 Å². The molecule has 1 aliphatic rings. The number of carbonyl (C=O) groups excluding carboxylic acids is 1. The van der Waals surface area contributed by atoms with Gasteiger partial charge in [-0.15, -0.1) is 0 Å². The van der Waals surface area contributed by atoms with Gasteiger partial charge in [0.15, 0.2) is 5.78 Å². The Morgan fingerprint density at radius 2 is 1.91 bits per heavy atom. The molecule has 0 aromatic heterocycles. The number of hydrogen-bond donors (Lipinski definition) is 2. The summed E-state index contributed by atoms with van der Waals surface area (Å²) in [4.78, 5) is 13.0. The molecule has 4 rings (SSSR count). The molecule has 0 bridgehead atoms. The van der Waals surface area contributed by atoms with Crippen LogP contribution in [0, 0.1) is 13.8 Å². The van der Waals surface area contributed by atoms with Crippen molar-refractivity contribution in [3.8, 4) is 11.5 Å². The Morgan fingerprint density at radius 1 is 1.18 bits per heavy atom. The number of allylic oxidation sites excluding steroid dienone is 1. The number of aliphatic hydroxyl groups excluding tert-OH is 1. The lowest BCUT2D eigenvalue weighted by molar-refractivity contribution is 0.0264. The fourth-order valence-corrected chi connectivity index (χ4v) is 4.94. The zero-order valence-corrected chi connectivity index (χ0v) is 19.6. The van der Waals surface area contributed by atoms with E-state index in [1.165, 1.54) is 0 Å². The van der Waals surface area contributed by atoms with Gasteiger partial charge in [-0.2, -0.15) is 0 Å². The number of hydrogen-bond acceptors (Lipinski definition) is 5. The van der Waals surface area contributed by atoms with Crippen molar-refractivity contribution in [3.63, 3.8) is 0 Å². The number of ketones is 1. The molecular formula is C28H30O5. The van der Waals surface area contributed by atoms with Crippen molar-refractivity contribution in [2.24, 2.45) is 0 Å². The Labute approximate surface area is 194 Å². The fraction of sp³-hybridized carbons (Fsp3) is 0.321. The zero-order chi connectivity index (χ0) is 23.7. The highest BCUT2D eigenvalue weighted by molar-refractivity contribution is 6.10. The molecule has 5 nitrogen and oxygen atoms in total. The number of rotatable bonds is 6. The average Bonchev–Trinajstić information content (AvgIpc) is 2.81. The molecule has 0 spiro atoms. The summed E-state index contributed by atoms with van der Waals surface area (Å²) in [5.74, 6) is 0.647. The number of fused-ring (bicyclic) bond motifs is 2. The van der Waals surface area contributed by atoms with Crippen LogP contribution in [0.15, 0.2) is 36.4 Å². The Hall–Kier alpha value is -3.15. The largest absolute Gasteiger partial charge is 0.507 e. The van der Waals surface area contributed by atoms with Crippen LogP contribution in [0.4, 0.5) is 0 Å². The van der Waals surface area contributed by atoms with Crippen molar-refractivity contribution in [2.45, 2.75) is 52.9 Å². The van der Waals surface area contributed by atoms with Crippen LogP contribution in [-0.4, -0.2) is 23.1 Å². The van der Waals surface area contributed by atoms with Gasteiger partial charge in [0.1, 0.15) is 11.5 Å². The van der Waals surface area contributed by atoms with Crippen molar-refractivity contribution in [1.82, 2.24) is 0 Å². The van der Waals surface area contributed by atoms with E-state index in [1.807, 2.05) is 63.3 Å². The van der Waals surface area contributed by atoms with Crippen molar-refractivity contribution in [3.05, 3.63) is 75.4 Å². The van der Waals surface area contributed by atoms with Crippen LogP contribution in [0.2, 0.25) is 0 Å². The van der Waals surface area contributed by atoms with Gasteiger partial charge in [-0.05, 0) is 72.5 Å². The molecule has 0 radical (unpaired) electrons. The maximum atomic E-state index is 13.0. The monoisotopic (exact) mass is 446 g/mol. The quantitative estimate of drug-likeness (QED) is 0.491. The number of phenols is 1. The third-order valence-electron chi connectivity index (χ3n) is 6.56. The molecule has 0 amide bonds. The number of aryl methyl sites for hydroxylation is 2. The summed E-state index contributed by atoms with van der Waals surface area (Å²) < 4.78 is 11.5. The number of methoxy groups -OCH3 is 1. The molecule has 3 aromatic rings. The topological polar surface area (TPSA) is 76.0 Å². The van der Waals surface area contributed by atoms with Gasteiger partial charge < -0.3 is 19.7 Å². The van der Waals surface area contributed by atoms with Crippen LogP contribution in [-0.2, 0) is 18.0 Å². The molecule has 0 saturated heterocycles. The van der Waals surface area contributed by atoms with Crippen molar-refractivity contribution >= 4 is 22.6 Å². The molecule has 1 atom stereocenters. The molecule has 0 fully saturated rings. The van der Waals surface area contributed by atoms with Crippen LogP contribution in [0.1, 0.15) is 69.6 Å². The highest BCUT2D eigenvalue weighted by Crippen LogP contribution is 2.46. The molecule has 3 aromatic carbocycles. The van der Waals surface area contributed by atoms with E-state index in [2.05, 4.69) is 0 Å². The summed E-state index contributed by atoms with van der Waals surface area (Å²) in [5, 5.41) is 23.1. The summed E-state index contributed by atoms with van der Waals surface area (Å²) in [6.07, 6.45) is 4.36. The molecule has 0 aliphatic heterocycles. The fourth-order valence-electron chi connectivity index (χ4n) is 4.94. The predicted octanol–water partition coefficient (Wildman–Crippen LogP) is 5.93. The number of aromatic hydroxyl groups is 1. The number of ether oxygens (including phenoxy) is 2. The van der Waals surface area contributed by atoms with E-state index in [0.717, 1.165) is 33.4 Å². The second kappa shape index (κ2) is 9.38. The molecule has 1 aliphatic carbocycles. The van der Waals surface area contributed by atoms with E-state index in [4.69, 9.17) is 9.47 Å². The normalized spacial score (nSPS) is 15.9. The third kappa shape index (κ3) is 4.03. The van der Waals surface area contributed by atoms with Gasteiger partial charge in [-0.25, -0.2) is 0 Å². The van der Waals surface area contributed by atoms with Crippen molar-refractivity contribution in [1.29, 1.82) is 0 Å². The molecule has 2 N–H and O–H groups in total. The standard InChI is InChI=1S/C28H30O5/c1-5-6-20-16(2)13-21-22(14-29)26-24(33-15-18-7-9-19(32-4)10-8-18)12-11-23(30)27(26)28(31)25(21)17(20)3/h5-10,13,24,29,31H,11-12,14-15H2,1-4H3/b6-5+/t24-/m0/s1. The Kier molecular flexibility index (Phi) is 6.54. The Morgan fingerprint density at radius 3 is 2.55 bits per heavy atom. The summed E-state index contributed by atoms with van der Waals surface area (Å²) >= 11 is 0. The zero-order valence-electron chi connectivity index (χ0n) is 19.6. The minimum atomic E-state index is -0.395. The summed E-state index contributed by atoms with van der Waals surface area (Å²) in [6.45, 7) is 6.02. The number of Topliss-reactive ketones (excluding diaryl/α,β-unsaturated/α-hetero) is 1. The van der Waals surface area contributed by atoms with Gasteiger partial charge in [0.05, 0.1) is 32.0 Å². The summed E-state index contributed by atoms with van der Waals surface area (Å²) in [6, 6.07) is 9.62. The number of carbonyl (C=O) groups is 1. The minimum absolute atomic E-state index is 0.0109. The third-order valence-corrected chi connectivity index (χ3v) is 6.56. The van der Waals surface area contributed by atoms with Gasteiger partial charge in [0.2, 0.25) is 0 Å². The SMILES string of the molecule is C/C=C/c1c(C)cc2c(CO)c3c(c(O)c2c1C)C(=O)CC[C@@H]3OCc1ccc(OC)cc1. The van der Waals surface area contributed by atoms with E-state index < -0.39 is 6.10 Å². The lowest BCUT2D eigenvalue weighted by Crippen LogP contribution is -2.21. The minimum Gasteiger partial charge on any atom is -0.507 e. The van der Waals surface area contributed by atoms with Gasteiger partial charge in [-0.1, -0.05) is 30.4 Å². The highest BCUT2D eigenvalue weighted by Gasteiger charge is 2.34. The second-order valence-corrected chi connectivity index (χ2v) is 8.54. The Balaban J connectivity index is 1.85. The Bertz CT molecular complexity index is 1240. The first-order chi connectivity index (χ1) is 15.9. The first-order valence-corrected chi connectivity index (χ1v) is 11.2. The second-order valence-electron chi connectivity index (χ2n) is 8.54. The lowest BCUT2D eigenvalue weighted by Gasteiger charge is -2.30. The number of benzene rings is 3. The van der Waals surface area contributed by atoms with E-state index >= 15 is 0 Å². The smallest absolute Gasteiger partial charge is 0.167 e. The van der Waals surface area contributed by atoms with Gasteiger partial charge >= 0.3 is 0 Å². The highest BCUT2D eigenvalue weighted by atomic mass is 16.5. The summed E-state index contributed by atoms with van der Waals surface area (Å²) in [5.41, 5.74) is 5.49. The van der Waals surface area contributed by atoms with E-state index in [9.17, 15) is 15.0 Å². The van der Waals surface area contributed by atoms with Crippen LogP contribution < -0.4 is 4.74 Å². The molecule has 0 heterocycles. The van der Waals surface area contributed by atoms with Crippen molar-refractivity contribution in [2.75, 3.05) is 7.11 Å². The lowest BCUT2D eigenvalue weighted by atomic mass is 9.80. The average molecular weight is 447 g/mol. The number of aliphatic hydroxyl groups is 1. The van der Waals surface area contributed by atoms with Crippen molar-refractivity contribution < 1.29 is 24.5 Å². The maximum absolute atomic E-state index is 13.0. The van der Waals surface area contributed by atoms with Gasteiger partial charge in [0.25, 0.3) is 0 Å². The van der Waals surface area contributed by atoms with Gasteiger partial charge in [0, 0.05) is 17.4 Å². The summed E-state index contributed by atoms with van der Waals surface area (Å²) in [7, 11) is 1.62. The first-order valence-electron chi connectivity index (χ1n) is 11.2. The van der Waals surface area contributed by atoms with E-state index in [0.29, 0.717) is 29.5 Å². The van der Waals surface area contributed by atoms with Crippen LogP contribution >= 0.6 is 0 Å². The van der Waals surface area contributed by atoms with Crippen LogP contribution in [0.25, 0.3) is 16.8 Å². The first kappa shape index (κ1) is 23.0. The van der Waals surface area contributed by atoms with E-state index in [1.54, 1.807) is 7.11 Å². The predicted molar refractivity (Wildman–Crippen MR) is 130 cm³/mol. The molecule has 0 saturated carbocycles.